The number of aromatic nitrogens is 4. The monoisotopic (exact) mass is 1120 g/mol. The van der Waals surface area contributed by atoms with E-state index in [1.54, 1.807) is 42.7 Å². The van der Waals surface area contributed by atoms with Crippen molar-refractivity contribution in [1.29, 1.82) is 0 Å². The van der Waals surface area contributed by atoms with Crippen molar-refractivity contribution in [2.75, 3.05) is 56.2 Å². The highest BCUT2D eigenvalue weighted by molar-refractivity contribution is 7.91. The standard InChI is InChI=1S/C55H59F2N11O9S2/c1-28(2)43(53(72)68-24-34(69)20-40(68)49-62-54(73)55(4,63-49)31-9-7-30(8-10-31)48-29(3)60-27-78-48)41-21-42(64-77-41)76-18-17-66-16-12-33(23-66)61-51(70)44-36-25-67(50-38(57)19-32(56)22-59-50)39-11-14-58-47(45(36)39)46-35(13-15-65(5)52(46)71)37(44)26-79(6,74)75/h7-10,13,15,19,21-22,25,27-28,33-34,39-40,43,58,69H,11-12,14,16-18,20,23-24,26H2,1-6H3,(H,61,70)(H,62,63,73)/t33-,34+,39?,40+,43-,55+/m0/s1. The second-order valence-electron chi connectivity index (χ2n) is 21.5. The number of benzene rings is 1. The Labute approximate surface area is 457 Å². The van der Waals surface area contributed by atoms with Crippen LogP contribution in [0.3, 0.4) is 0 Å². The Bertz CT molecular complexity index is 3630. The molecule has 0 spiro atoms. The summed E-state index contributed by atoms with van der Waals surface area (Å²) in [6, 6.07) is 9.80. The lowest BCUT2D eigenvalue weighted by Gasteiger charge is -2.32. The second kappa shape index (κ2) is 20.7. The van der Waals surface area contributed by atoms with E-state index in [9.17, 15) is 37.1 Å². The lowest BCUT2D eigenvalue weighted by Crippen LogP contribution is -2.48. The zero-order valence-corrected chi connectivity index (χ0v) is 45.9. The van der Waals surface area contributed by atoms with Crippen LogP contribution in [-0.4, -0.2) is 142 Å². The SMILES string of the molecule is Cc1ncsc1-c1ccc([C@@]2(C)N=C([C@H]3C[C@@H](O)CN3C(=O)[C@H](c3cc(OCCN4CC[C@H](NC(=O)C5=C(CS(C)(=O)=O)c6ccn(C)c(=O)c6C6=C7C5=CN(c5ncc(F)cc5F)C7CCN6)C4)no3)C(C)C)NC2=O)cc1. The van der Waals surface area contributed by atoms with Crippen LogP contribution >= 0.6 is 11.3 Å². The van der Waals surface area contributed by atoms with Crippen LogP contribution in [0.5, 0.6) is 5.88 Å². The maximum absolute atomic E-state index is 15.5. The van der Waals surface area contributed by atoms with E-state index < -0.39 is 74.4 Å². The maximum atomic E-state index is 15.5. The van der Waals surface area contributed by atoms with Gasteiger partial charge in [0.15, 0.2) is 32.8 Å². The fraction of sp³-hybridized carbons (Fsp3) is 0.418. The third kappa shape index (κ3) is 9.96. The summed E-state index contributed by atoms with van der Waals surface area (Å²) in [4.78, 5) is 76.7. The maximum Gasteiger partial charge on any atom is 0.260 e. The number of hydrogen-bond acceptors (Lipinski definition) is 17. The molecule has 4 aromatic heterocycles. The van der Waals surface area contributed by atoms with E-state index in [4.69, 9.17) is 14.3 Å². The molecule has 1 unspecified atom stereocenters. The molecule has 0 radical (unpaired) electrons. The molecule has 20 nitrogen and oxygen atoms in total. The van der Waals surface area contributed by atoms with Crippen LogP contribution in [0.25, 0.3) is 21.7 Å². The highest BCUT2D eigenvalue weighted by atomic mass is 32.2. The highest BCUT2D eigenvalue weighted by Gasteiger charge is 2.49. The third-order valence-electron chi connectivity index (χ3n) is 15.7. The molecule has 2 saturated heterocycles. The Balaban J connectivity index is 0.772. The Morgan fingerprint density at radius 2 is 1.86 bits per heavy atom. The van der Waals surface area contributed by atoms with Gasteiger partial charge in [-0.3, -0.25) is 24.1 Å². The van der Waals surface area contributed by atoms with Crippen LogP contribution in [0.1, 0.15) is 74.1 Å². The summed E-state index contributed by atoms with van der Waals surface area (Å²) in [5.41, 5.74) is 4.44. The predicted molar refractivity (Wildman–Crippen MR) is 290 cm³/mol. The minimum atomic E-state index is -3.83. The molecule has 11 rings (SSSR count). The number of pyridine rings is 2. The van der Waals surface area contributed by atoms with Crippen molar-refractivity contribution in [3.63, 3.8) is 0 Å². The average Bonchev–Trinajstić information content (AvgIpc) is 4.42. The molecule has 5 aromatic rings. The Morgan fingerprint density at radius 3 is 2.58 bits per heavy atom. The second-order valence-corrected chi connectivity index (χ2v) is 24.5. The number of amidine groups is 1. The number of hydrogen-bond donors (Lipinski definition) is 4. The number of fused-ring (bicyclic) bond motifs is 2. The lowest BCUT2D eigenvalue weighted by atomic mass is 9.89. The Morgan fingerprint density at radius 1 is 1.08 bits per heavy atom. The van der Waals surface area contributed by atoms with Crippen LogP contribution in [0.15, 0.2) is 97.6 Å². The first-order valence-electron chi connectivity index (χ1n) is 26.1. The van der Waals surface area contributed by atoms with Crippen molar-refractivity contribution in [3.05, 3.63) is 133 Å². The minimum absolute atomic E-state index is 0.0178. The molecule has 5 aliphatic heterocycles. The van der Waals surface area contributed by atoms with Gasteiger partial charge in [0.2, 0.25) is 5.91 Å². The van der Waals surface area contributed by atoms with E-state index in [2.05, 4.69) is 36.0 Å². The molecule has 6 aliphatic rings. The van der Waals surface area contributed by atoms with E-state index in [-0.39, 0.29) is 77.0 Å². The number of β-amino-alcohol motifs (C(OH)–C–C–N with tert-alkyl or cyclic N) is 1. The highest BCUT2D eigenvalue weighted by Crippen LogP contribution is 2.48. The quantitative estimate of drug-likeness (QED) is 0.115. The number of likely N-dealkylation sites (tertiary alicyclic amines) is 2. The number of nitrogens with zero attached hydrogens (tertiary/aromatic N) is 8. The number of aliphatic hydroxyl groups excluding tert-OH is 1. The van der Waals surface area contributed by atoms with Crippen molar-refractivity contribution >= 4 is 61.8 Å². The molecule has 1 aromatic carbocycles. The van der Waals surface area contributed by atoms with Gasteiger partial charge in [0, 0.05) is 94.2 Å². The molecule has 4 N–H and O–H groups in total. The number of anilines is 1. The largest absolute Gasteiger partial charge is 0.474 e. The number of ether oxygens (including phenoxy) is 1. The summed E-state index contributed by atoms with van der Waals surface area (Å²) in [5.74, 6) is -4.22. The number of aliphatic imine (C=N–C) groups is 1. The van der Waals surface area contributed by atoms with E-state index >= 15 is 4.39 Å². The number of aryl methyl sites for hydroxylation is 2. The molecule has 3 amide bonds. The molecule has 9 heterocycles. The van der Waals surface area contributed by atoms with Gasteiger partial charge < -0.3 is 44.7 Å². The van der Waals surface area contributed by atoms with Crippen LogP contribution in [0, 0.1) is 24.5 Å². The number of thiazole rings is 1. The van der Waals surface area contributed by atoms with Gasteiger partial charge in [-0.25, -0.2) is 32.2 Å². The van der Waals surface area contributed by atoms with Gasteiger partial charge in [-0.05, 0) is 66.1 Å². The van der Waals surface area contributed by atoms with Crippen molar-refractivity contribution in [1.82, 2.24) is 45.4 Å². The smallest absolute Gasteiger partial charge is 0.260 e. The summed E-state index contributed by atoms with van der Waals surface area (Å²) in [5, 5.41) is 24.5. The van der Waals surface area contributed by atoms with E-state index in [1.165, 1.54) is 27.0 Å². The zero-order chi connectivity index (χ0) is 55.8. The van der Waals surface area contributed by atoms with Gasteiger partial charge in [-0.15, -0.1) is 11.3 Å². The fourth-order valence-corrected chi connectivity index (χ4v) is 13.4. The van der Waals surface area contributed by atoms with Gasteiger partial charge >= 0.3 is 0 Å². The van der Waals surface area contributed by atoms with E-state index in [0.29, 0.717) is 67.3 Å². The first-order valence-corrected chi connectivity index (χ1v) is 29.1. The van der Waals surface area contributed by atoms with E-state index in [1.807, 2.05) is 45.0 Å². The molecule has 1 aliphatic carbocycles. The van der Waals surface area contributed by atoms with Crippen molar-refractivity contribution in [2.45, 2.75) is 82.6 Å². The zero-order valence-electron chi connectivity index (χ0n) is 44.2. The van der Waals surface area contributed by atoms with Gasteiger partial charge in [0.05, 0.1) is 63.1 Å². The molecule has 6 atom stereocenters. The fourth-order valence-electron chi connectivity index (χ4n) is 11.8. The molecule has 0 bridgehead atoms. The van der Waals surface area contributed by atoms with Gasteiger partial charge in [-0.2, -0.15) is 0 Å². The molecular formula is C55H59F2N11O9S2. The van der Waals surface area contributed by atoms with Gasteiger partial charge in [0.25, 0.3) is 23.3 Å². The van der Waals surface area contributed by atoms with Crippen LogP contribution < -0.4 is 31.1 Å². The number of aliphatic hydroxyl groups is 1. The lowest BCUT2D eigenvalue weighted by molar-refractivity contribution is -0.134. The normalized spacial score (nSPS) is 23.3. The molecule has 2 fully saturated rings. The van der Waals surface area contributed by atoms with E-state index in [0.717, 1.165) is 34.7 Å². The number of nitrogens with one attached hydrogen (secondary N) is 3. The molecule has 24 heteroatoms. The molecule has 79 heavy (non-hydrogen) atoms. The Hall–Kier alpha value is -7.41. The third-order valence-corrected chi connectivity index (χ3v) is 17.5. The number of sulfone groups is 1. The van der Waals surface area contributed by atoms with Crippen molar-refractivity contribution in [3.8, 4) is 16.3 Å². The summed E-state index contributed by atoms with van der Waals surface area (Å²) < 4.78 is 69.4. The van der Waals surface area contributed by atoms with Crippen LogP contribution in [-0.2, 0) is 36.8 Å². The summed E-state index contributed by atoms with van der Waals surface area (Å²) in [6.45, 7) is 9.34. The average molecular weight is 1120 g/mol. The van der Waals surface area contributed by atoms with Crippen LogP contribution in [0.2, 0.25) is 0 Å². The topological polar surface area (TPSA) is 247 Å². The number of halogens is 2. The van der Waals surface area contributed by atoms with Crippen molar-refractivity contribution in [2.24, 2.45) is 18.0 Å². The number of carbonyl (C=O) groups is 3. The van der Waals surface area contributed by atoms with Gasteiger partial charge in [0.1, 0.15) is 24.2 Å². The van der Waals surface area contributed by atoms with Crippen LogP contribution in [0.4, 0.5) is 14.6 Å². The predicted octanol–water partition coefficient (Wildman–Crippen LogP) is 4.18. The number of rotatable bonds is 15. The minimum Gasteiger partial charge on any atom is -0.474 e. The summed E-state index contributed by atoms with van der Waals surface area (Å²) in [6.07, 6.45) is 5.24. The number of carbonyl (C=O) groups excluding carboxylic acids is 3. The van der Waals surface area contributed by atoms with Gasteiger partial charge in [-0.1, -0.05) is 38.1 Å². The first-order chi connectivity index (χ1) is 37.7. The number of amides is 3. The first kappa shape index (κ1) is 53.6. The van der Waals surface area contributed by atoms with Crippen molar-refractivity contribution < 1.29 is 45.9 Å². The molecule has 414 valence electrons. The molecule has 0 saturated carbocycles. The summed E-state index contributed by atoms with van der Waals surface area (Å²) in [7, 11) is -2.26. The Kier molecular flexibility index (Phi) is 14.0. The molecular weight excluding hydrogens is 1060 g/mol. The summed E-state index contributed by atoms with van der Waals surface area (Å²) >= 11 is 1.54.